The van der Waals surface area contributed by atoms with Gasteiger partial charge in [0.05, 0.1) is 0 Å². The Bertz CT molecular complexity index is 306. The van der Waals surface area contributed by atoms with Crippen molar-refractivity contribution in [1.82, 2.24) is 0 Å². The van der Waals surface area contributed by atoms with E-state index in [-0.39, 0.29) is 0 Å². The molecule has 12 heavy (non-hydrogen) atoms. The summed E-state index contributed by atoms with van der Waals surface area (Å²) in [7, 11) is 0. The molecule has 0 unspecified atom stereocenters. The lowest BCUT2D eigenvalue weighted by Gasteiger charge is -2.00. The van der Waals surface area contributed by atoms with Crippen LogP contribution in [-0.4, -0.2) is 0 Å². The Morgan fingerprint density at radius 1 is 1.25 bits per heavy atom. The Morgan fingerprint density at radius 2 is 2.00 bits per heavy atom. The fraction of sp³-hybridized carbons (Fsp3) is 0.167. The molecule has 0 saturated carbocycles. The third-order valence-corrected chi connectivity index (χ3v) is 1.84. The molecular weight excluding hydrogens is 144 g/mol. The van der Waals surface area contributed by atoms with Crippen molar-refractivity contribution in [3.05, 3.63) is 53.6 Å². The van der Waals surface area contributed by atoms with E-state index in [9.17, 15) is 0 Å². The highest BCUT2D eigenvalue weighted by molar-refractivity contribution is 5.55. The molecule has 0 aliphatic heterocycles. The van der Waals surface area contributed by atoms with E-state index >= 15 is 0 Å². The lowest BCUT2D eigenvalue weighted by Crippen LogP contribution is -1.81. The summed E-state index contributed by atoms with van der Waals surface area (Å²) in [6, 6.07) is 6.43. The molecule has 0 amide bonds. The van der Waals surface area contributed by atoms with Gasteiger partial charge in [0.15, 0.2) is 0 Å². The molecule has 1 rings (SSSR count). The van der Waals surface area contributed by atoms with Gasteiger partial charge in [0.2, 0.25) is 0 Å². The van der Waals surface area contributed by atoms with Crippen molar-refractivity contribution < 1.29 is 0 Å². The summed E-state index contributed by atoms with van der Waals surface area (Å²) in [4.78, 5) is 0. The molecule has 0 saturated heterocycles. The van der Waals surface area contributed by atoms with E-state index in [4.69, 9.17) is 0 Å². The molecule has 0 atom stereocenters. The van der Waals surface area contributed by atoms with Gasteiger partial charge >= 0.3 is 0 Å². The van der Waals surface area contributed by atoms with Crippen LogP contribution >= 0.6 is 0 Å². The SMILES string of the molecule is C=C/C=C/c1ccc(C)cc1C. The van der Waals surface area contributed by atoms with Crippen LogP contribution in [0.4, 0.5) is 0 Å². The standard InChI is InChI=1S/C12H14/c1-4-5-6-12-8-7-10(2)9-11(12)3/h4-9H,1H2,2-3H3/b6-5+. The first-order valence-corrected chi connectivity index (χ1v) is 4.10. The molecule has 0 fully saturated rings. The Labute approximate surface area is 74.2 Å². The Kier molecular flexibility index (Phi) is 2.87. The van der Waals surface area contributed by atoms with Crippen molar-refractivity contribution in [1.29, 1.82) is 0 Å². The normalized spacial score (nSPS) is 10.5. The predicted molar refractivity (Wildman–Crippen MR) is 55.1 cm³/mol. The molecule has 0 heterocycles. The molecule has 0 radical (unpaired) electrons. The molecule has 0 aromatic heterocycles. The van der Waals surface area contributed by atoms with Gasteiger partial charge in [-0.25, -0.2) is 0 Å². The molecule has 1 aromatic carbocycles. The fourth-order valence-electron chi connectivity index (χ4n) is 1.18. The van der Waals surface area contributed by atoms with E-state index in [0.717, 1.165) is 0 Å². The van der Waals surface area contributed by atoms with Crippen LogP contribution in [0.15, 0.2) is 36.9 Å². The zero-order valence-electron chi connectivity index (χ0n) is 7.67. The molecule has 0 bridgehead atoms. The molecule has 0 heteroatoms. The average Bonchev–Trinajstić information content (AvgIpc) is 2.03. The van der Waals surface area contributed by atoms with Crippen LogP contribution in [0, 0.1) is 13.8 Å². The third-order valence-electron chi connectivity index (χ3n) is 1.84. The summed E-state index contributed by atoms with van der Waals surface area (Å²) < 4.78 is 0. The highest BCUT2D eigenvalue weighted by Gasteiger charge is 1.92. The minimum absolute atomic E-state index is 1.26. The number of hydrogen-bond acceptors (Lipinski definition) is 0. The molecule has 62 valence electrons. The van der Waals surface area contributed by atoms with Crippen LogP contribution in [0.1, 0.15) is 16.7 Å². The summed E-state index contributed by atoms with van der Waals surface area (Å²) in [6.07, 6.45) is 5.82. The van der Waals surface area contributed by atoms with Crippen LogP contribution in [0.25, 0.3) is 6.08 Å². The lowest BCUT2D eigenvalue weighted by atomic mass is 10.1. The minimum atomic E-state index is 1.26. The number of rotatable bonds is 2. The van der Waals surface area contributed by atoms with Crippen molar-refractivity contribution in [2.24, 2.45) is 0 Å². The van der Waals surface area contributed by atoms with Crippen molar-refractivity contribution in [3.63, 3.8) is 0 Å². The molecule has 1 aromatic rings. The fourth-order valence-corrected chi connectivity index (χ4v) is 1.18. The van der Waals surface area contributed by atoms with Gasteiger partial charge in [-0.15, -0.1) is 0 Å². The second-order valence-electron chi connectivity index (χ2n) is 2.95. The van der Waals surface area contributed by atoms with Crippen LogP contribution in [-0.2, 0) is 0 Å². The van der Waals surface area contributed by atoms with Crippen LogP contribution < -0.4 is 0 Å². The lowest BCUT2D eigenvalue weighted by molar-refractivity contribution is 1.37. The Hall–Kier alpha value is -1.30. The van der Waals surface area contributed by atoms with E-state index in [2.05, 4.69) is 44.7 Å². The highest BCUT2D eigenvalue weighted by Crippen LogP contribution is 2.11. The molecule has 0 aliphatic rings. The monoisotopic (exact) mass is 158 g/mol. The quantitative estimate of drug-likeness (QED) is 0.578. The zero-order valence-corrected chi connectivity index (χ0v) is 7.67. The van der Waals surface area contributed by atoms with Crippen molar-refractivity contribution >= 4 is 6.08 Å². The largest absolute Gasteiger partial charge is 0.0991 e. The van der Waals surface area contributed by atoms with E-state index in [1.165, 1.54) is 16.7 Å². The maximum absolute atomic E-state index is 3.64. The first-order chi connectivity index (χ1) is 5.74. The van der Waals surface area contributed by atoms with Gasteiger partial charge in [0, 0.05) is 0 Å². The minimum Gasteiger partial charge on any atom is -0.0991 e. The Balaban J connectivity index is 3.01. The van der Waals surface area contributed by atoms with Gasteiger partial charge in [0.25, 0.3) is 0 Å². The van der Waals surface area contributed by atoms with Gasteiger partial charge in [-0.1, -0.05) is 48.6 Å². The van der Waals surface area contributed by atoms with Gasteiger partial charge in [-0.2, -0.15) is 0 Å². The highest BCUT2D eigenvalue weighted by atomic mass is 14.0. The van der Waals surface area contributed by atoms with E-state index in [1.54, 1.807) is 6.08 Å². The summed E-state index contributed by atoms with van der Waals surface area (Å²) in [6.45, 7) is 7.86. The van der Waals surface area contributed by atoms with Gasteiger partial charge in [0.1, 0.15) is 0 Å². The smallest absolute Gasteiger partial charge is 0.0227 e. The first-order valence-electron chi connectivity index (χ1n) is 4.10. The second-order valence-corrected chi connectivity index (χ2v) is 2.95. The van der Waals surface area contributed by atoms with Crippen LogP contribution in [0.5, 0.6) is 0 Å². The first kappa shape index (κ1) is 8.79. The Morgan fingerprint density at radius 3 is 2.58 bits per heavy atom. The second kappa shape index (κ2) is 3.91. The van der Waals surface area contributed by atoms with E-state index in [0.29, 0.717) is 0 Å². The molecular formula is C12H14. The van der Waals surface area contributed by atoms with Gasteiger partial charge in [-0.05, 0) is 25.0 Å². The van der Waals surface area contributed by atoms with Gasteiger partial charge in [-0.3, -0.25) is 0 Å². The third kappa shape index (κ3) is 2.09. The summed E-state index contributed by atoms with van der Waals surface area (Å²) in [5.74, 6) is 0. The number of aryl methyl sites for hydroxylation is 2. The van der Waals surface area contributed by atoms with Crippen molar-refractivity contribution in [3.8, 4) is 0 Å². The predicted octanol–water partition coefficient (Wildman–Crippen LogP) is 3.50. The number of hydrogen-bond donors (Lipinski definition) is 0. The van der Waals surface area contributed by atoms with Gasteiger partial charge < -0.3 is 0 Å². The van der Waals surface area contributed by atoms with Crippen molar-refractivity contribution in [2.75, 3.05) is 0 Å². The molecule has 0 nitrogen and oxygen atoms in total. The topological polar surface area (TPSA) is 0 Å². The molecule has 0 spiro atoms. The van der Waals surface area contributed by atoms with E-state index in [1.807, 2.05) is 6.08 Å². The average molecular weight is 158 g/mol. The molecule has 0 aliphatic carbocycles. The number of benzene rings is 1. The van der Waals surface area contributed by atoms with E-state index < -0.39 is 0 Å². The van der Waals surface area contributed by atoms with Crippen molar-refractivity contribution in [2.45, 2.75) is 13.8 Å². The maximum Gasteiger partial charge on any atom is -0.0227 e. The van der Waals surface area contributed by atoms with Crippen LogP contribution in [0.2, 0.25) is 0 Å². The zero-order chi connectivity index (χ0) is 8.97. The maximum atomic E-state index is 3.64. The molecule has 0 N–H and O–H groups in total. The summed E-state index contributed by atoms with van der Waals surface area (Å²) in [5, 5.41) is 0. The summed E-state index contributed by atoms with van der Waals surface area (Å²) >= 11 is 0. The summed E-state index contributed by atoms with van der Waals surface area (Å²) in [5.41, 5.74) is 3.89. The number of allylic oxidation sites excluding steroid dienone is 2. The van der Waals surface area contributed by atoms with Crippen LogP contribution in [0.3, 0.4) is 0 Å².